The standard InChI is InChI=1S/C27H45NO.Na.H/c1-3-5-6-7-8-9-10-11-12-13-14-15-16-17-18-19-22-25-23-20-21-24-26(25)28-27(29)4-2;;/h4,20-21,23-24H,2-3,5-19,22H2,1H3,(H,28,29);;/q;+1;-1. The number of aryl methyl sites for hydroxylation is 1. The van der Waals surface area contributed by atoms with Crippen molar-refractivity contribution >= 4 is 11.6 Å². The molecule has 0 bridgehead atoms. The van der Waals surface area contributed by atoms with Gasteiger partial charge in [-0.05, 0) is 30.5 Å². The molecular weight excluding hydrogens is 377 g/mol. The maximum atomic E-state index is 11.5. The molecule has 1 aromatic carbocycles. The van der Waals surface area contributed by atoms with Crippen LogP contribution in [0.5, 0.6) is 0 Å². The molecule has 0 aliphatic heterocycles. The van der Waals surface area contributed by atoms with Gasteiger partial charge in [-0.3, -0.25) is 4.79 Å². The summed E-state index contributed by atoms with van der Waals surface area (Å²) in [6, 6.07) is 8.11. The van der Waals surface area contributed by atoms with Crippen LogP contribution in [0.3, 0.4) is 0 Å². The first-order valence-corrected chi connectivity index (χ1v) is 12.3. The minimum Gasteiger partial charge on any atom is -1.00 e. The molecule has 0 radical (unpaired) electrons. The molecule has 0 heterocycles. The van der Waals surface area contributed by atoms with E-state index < -0.39 is 0 Å². The Labute approximate surface area is 210 Å². The second-order valence-electron chi connectivity index (χ2n) is 8.40. The minimum absolute atomic E-state index is 0. The zero-order valence-electron chi connectivity index (χ0n) is 21.0. The summed E-state index contributed by atoms with van der Waals surface area (Å²) in [6.45, 7) is 5.81. The second-order valence-corrected chi connectivity index (χ2v) is 8.40. The minimum atomic E-state index is -0.135. The molecule has 0 aromatic heterocycles. The largest absolute Gasteiger partial charge is 1.00 e. The van der Waals surface area contributed by atoms with Crippen LogP contribution in [0.15, 0.2) is 36.9 Å². The summed E-state index contributed by atoms with van der Waals surface area (Å²) in [5.74, 6) is -0.135. The third-order valence-corrected chi connectivity index (χ3v) is 5.76. The maximum absolute atomic E-state index is 11.5. The van der Waals surface area contributed by atoms with Gasteiger partial charge in [0.15, 0.2) is 0 Å². The van der Waals surface area contributed by atoms with Gasteiger partial charge in [0.05, 0.1) is 0 Å². The van der Waals surface area contributed by atoms with Gasteiger partial charge in [0, 0.05) is 5.69 Å². The van der Waals surface area contributed by atoms with Gasteiger partial charge in [0.25, 0.3) is 0 Å². The van der Waals surface area contributed by atoms with E-state index in [0.717, 1.165) is 12.1 Å². The third kappa shape index (κ3) is 16.2. The predicted molar refractivity (Wildman–Crippen MR) is 130 cm³/mol. The van der Waals surface area contributed by atoms with Crippen molar-refractivity contribution in [2.24, 2.45) is 0 Å². The number of amides is 1. The molecule has 0 spiro atoms. The first-order chi connectivity index (χ1) is 14.3. The van der Waals surface area contributed by atoms with E-state index in [2.05, 4.69) is 24.9 Å². The molecule has 0 saturated carbocycles. The molecular formula is C27H46NNaO. The molecule has 3 heteroatoms. The summed E-state index contributed by atoms with van der Waals surface area (Å²) >= 11 is 0. The Hall–Kier alpha value is -0.570. The summed E-state index contributed by atoms with van der Waals surface area (Å²) in [7, 11) is 0. The normalized spacial score (nSPS) is 10.4. The number of carbonyl (C=O) groups excluding carboxylic acids is 1. The number of carbonyl (C=O) groups is 1. The molecule has 1 N–H and O–H groups in total. The first kappa shape index (κ1) is 29.4. The van der Waals surface area contributed by atoms with Crippen molar-refractivity contribution in [3.63, 3.8) is 0 Å². The number of unbranched alkanes of at least 4 members (excludes halogenated alkanes) is 15. The molecule has 1 aromatic rings. The molecule has 0 aliphatic carbocycles. The number of benzene rings is 1. The quantitative estimate of drug-likeness (QED) is 0.172. The molecule has 0 aliphatic rings. The van der Waals surface area contributed by atoms with E-state index in [1.54, 1.807) is 0 Å². The van der Waals surface area contributed by atoms with Gasteiger partial charge in [0.2, 0.25) is 5.91 Å². The van der Waals surface area contributed by atoms with Crippen LogP contribution in [-0.2, 0) is 11.2 Å². The number of rotatable bonds is 19. The molecule has 0 fully saturated rings. The van der Waals surface area contributed by atoms with E-state index in [1.165, 1.54) is 114 Å². The zero-order chi connectivity index (χ0) is 21.0. The van der Waals surface area contributed by atoms with E-state index in [-0.39, 0.29) is 36.9 Å². The van der Waals surface area contributed by atoms with Crippen LogP contribution in [-0.4, -0.2) is 5.91 Å². The second kappa shape index (κ2) is 21.7. The average Bonchev–Trinajstić information content (AvgIpc) is 2.74. The number of anilines is 1. The molecule has 30 heavy (non-hydrogen) atoms. The smallest absolute Gasteiger partial charge is 1.00 e. The van der Waals surface area contributed by atoms with E-state index in [0.29, 0.717) is 0 Å². The summed E-state index contributed by atoms with van der Waals surface area (Å²) in [5, 5.41) is 2.91. The Morgan fingerprint density at radius 3 is 1.70 bits per heavy atom. The zero-order valence-corrected chi connectivity index (χ0v) is 22.0. The topological polar surface area (TPSA) is 29.1 Å². The molecule has 166 valence electrons. The van der Waals surface area contributed by atoms with Crippen molar-refractivity contribution in [2.45, 2.75) is 116 Å². The third-order valence-electron chi connectivity index (χ3n) is 5.76. The van der Waals surface area contributed by atoms with Crippen molar-refractivity contribution in [3.8, 4) is 0 Å². The van der Waals surface area contributed by atoms with Gasteiger partial charge in [-0.15, -0.1) is 0 Å². The summed E-state index contributed by atoms with van der Waals surface area (Å²) in [6.07, 6.45) is 24.6. The van der Waals surface area contributed by atoms with Crippen molar-refractivity contribution in [3.05, 3.63) is 42.5 Å². The molecule has 1 amide bonds. The van der Waals surface area contributed by atoms with Gasteiger partial charge in [0.1, 0.15) is 0 Å². The fraction of sp³-hybridized carbons (Fsp3) is 0.667. The molecule has 1 rings (SSSR count). The summed E-state index contributed by atoms with van der Waals surface area (Å²) < 4.78 is 0. The summed E-state index contributed by atoms with van der Waals surface area (Å²) in [5.41, 5.74) is 2.16. The van der Waals surface area contributed by atoms with Crippen molar-refractivity contribution in [1.29, 1.82) is 0 Å². The Kier molecular flexibility index (Phi) is 21.2. The Morgan fingerprint density at radius 2 is 1.23 bits per heavy atom. The maximum Gasteiger partial charge on any atom is 1.00 e. The van der Waals surface area contributed by atoms with E-state index in [9.17, 15) is 4.79 Å². The number of hydrogen-bond acceptors (Lipinski definition) is 1. The van der Waals surface area contributed by atoms with Gasteiger partial charge < -0.3 is 6.74 Å². The molecule has 2 nitrogen and oxygen atoms in total. The van der Waals surface area contributed by atoms with Crippen LogP contribution < -0.4 is 34.9 Å². The Balaban J connectivity index is 0. The van der Waals surface area contributed by atoms with Gasteiger partial charge in [-0.25, -0.2) is 0 Å². The molecule has 0 saturated heterocycles. The van der Waals surface area contributed by atoms with Crippen molar-refractivity contribution < 1.29 is 35.8 Å². The van der Waals surface area contributed by atoms with Crippen molar-refractivity contribution in [2.75, 3.05) is 5.32 Å². The number of para-hydroxylation sites is 1. The van der Waals surface area contributed by atoms with Gasteiger partial charge >= 0.3 is 29.6 Å². The number of nitrogens with one attached hydrogen (secondary N) is 1. The van der Waals surface area contributed by atoms with E-state index in [4.69, 9.17) is 0 Å². The van der Waals surface area contributed by atoms with Crippen molar-refractivity contribution in [1.82, 2.24) is 0 Å². The predicted octanol–water partition coefficient (Wildman–Crippen LogP) is 5.73. The van der Waals surface area contributed by atoms with Crippen LogP contribution in [0.1, 0.15) is 117 Å². The fourth-order valence-electron chi connectivity index (χ4n) is 3.91. The Morgan fingerprint density at radius 1 is 0.800 bits per heavy atom. The van der Waals surface area contributed by atoms with Crippen LogP contribution >= 0.6 is 0 Å². The van der Waals surface area contributed by atoms with Crippen LogP contribution in [0.4, 0.5) is 5.69 Å². The van der Waals surface area contributed by atoms with Crippen LogP contribution in [0.2, 0.25) is 0 Å². The van der Waals surface area contributed by atoms with Gasteiger partial charge in [-0.1, -0.05) is 128 Å². The molecule has 0 unspecified atom stereocenters. The average molecular weight is 424 g/mol. The molecule has 0 atom stereocenters. The SMILES string of the molecule is C=CC(=O)Nc1ccccc1CCCCCCCCCCCCCCCCCC.[H-].[Na+]. The van der Waals surface area contributed by atoms with E-state index >= 15 is 0 Å². The van der Waals surface area contributed by atoms with Crippen LogP contribution in [0, 0.1) is 0 Å². The van der Waals surface area contributed by atoms with E-state index in [1.807, 2.05) is 18.2 Å². The van der Waals surface area contributed by atoms with Gasteiger partial charge in [-0.2, -0.15) is 0 Å². The van der Waals surface area contributed by atoms with Crippen LogP contribution in [0.25, 0.3) is 0 Å². The monoisotopic (exact) mass is 423 g/mol. The first-order valence-electron chi connectivity index (χ1n) is 12.3. The number of hydrogen-bond donors (Lipinski definition) is 1. The summed E-state index contributed by atoms with van der Waals surface area (Å²) in [4.78, 5) is 11.5. The fourth-order valence-corrected chi connectivity index (χ4v) is 3.91. The Bertz CT molecular complexity index is 550.